The highest BCUT2D eigenvalue weighted by Gasteiger charge is 2.48. The van der Waals surface area contributed by atoms with Crippen molar-refractivity contribution in [3.63, 3.8) is 0 Å². The average molecular weight is 485 g/mol. The molecule has 182 valence electrons. The van der Waals surface area contributed by atoms with Crippen molar-refractivity contribution in [2.24, 2.45) is 5.41 Å². The van der Waals surface area contributed by atoms with Gasteiger partial charge in [0.1, 0.15) is 11.2 Å². The molecule has 1 saturated heterocycles. The molecule has 0 spiro atoms. The van der Waals surface area contributed by atoms with Gasteiger partial charge in [-0.1, -0.05) is 36.9 Å². The fourth-order valence-corrected chi connectivity index (χ4v) is 4.32. The van der Waals surface area contributed by atoms with Crippen molar-refractivity contribution in [3.05, 3.63) is 65.0 Å². The lowest BCUT2D eigenvalue weighted by molar-refractivity contribution is -0.127. The quantitative estimate of drug-likeness (QED) is 0.437. The number of carbonyl (C=O) groups excluding carboxylic acids is 3. The molecule has 1 fully saturated rings. The number of hydrogen-bond acceptors (Lipinski definition) is 7. The number of aromatic nitrogens is 2. The summed E-state index contributed by atoms with van der Waals surface area (Å²) >= 11 is 0. The number of hydrogen-bond donors (Lipinski definition) is 1. The fraction of sp³-hybridized carbons (Fsp3) is 0.296. The van der Waals surface area contributed by atoms with Crippen LogP contribution < -0.4 is 10.1 Å². The van der Waals surface area contributed by atoms with Crippen LogP contribution in [0.4, 0.5) is 0 Å². The molecule has 2 aliphatic rings. The average Bonchev–Trinajstić information content (AvgIpc) is 3.55. The normalized spacial score (nSPS) is 18.8. The molecule has 3 amide bonds. The molecule has 0 radical (unpaired) electrons. The Morgan fingerprint density at radius 2 is 1.94 bits per heavy atom. The number of benzene rings is 2. The van der Waals surface area contributed by atoms with Crippen LogP contribution in [0, 0.1) is 17.3 Å². The summed E-state index contributed by atoms with van der Waals surface area (Å²) in [5.74, 6) is 6.67. The number of ether oxygens (including phenoxy) is 1. The number of rotatable bonds is 5. The van der Waals surface area contributed by atoms with Crippen LogP contribution in [0.3, 0.4) is 0 Å². The molecule has 9 heteroatoms. The van der Waals surface area contributed by atoms with Gasteiger partial charge in [0.05, 0.1) is 13.5 Å². The van der Waals surface area contributed by atoms with E-state index < -0.39 is 17.2 Å². The van der Waals surface area contributed by atoms with Gasteiger partial charge in [-0.3, -0.25) is 19.7 Å². The summed E-state index contributed by atoms with van der Waals surface area (Å²) in [6.45, 7) is 4.29. The predicted octanol–water partition coefficient (Wildman–Crippen LogP) is 2.91. The molecule has 2 aromatic carbocycles. The Bertz CT molecular complexity index is 1430. The third kappa shape index (κ3) is 4.22. The van der Waals surface area contributed by atoms with Crippen molar-refractivity contribution in [1.82, 2.24) is 20.4 Å². The SMILES string of the molecule is COc1ccc2c(c1)C(=O)N(C[C@@]1(C#Cc3ccc(-c4noc(C(C)C)n4)cc3)CC(=O)NC1=O)C2. The van der Waals surface area contributed by atoms with E-state index in [2.05, 4.69) is 27.3 Å². The van der Waals surface area contributed by atoms with E-state index in [4.69, 9.17) is 9.26 Å². The number of nitrogens with one attached hydrogen (secondary N) is 1. The van der Waals surface area contributed by atoms with E-state index in [9.17, 15) is 14.4 Å². The zero-order chi connectivity index (χ0) is 25.4. The Hall–Kier alpha value is -4.45. The smallest absolute Gasteiger partial charge is 0.254 e. The first kappa shape index (κ1) is 23.3. The van der Waals surface area contributed by atoms with Gasteiger partial charge in [-0.05, 0) is 42.0 Å². The second-order valence-electron chi connectivity index (χ2n) is 9.26. The summed E-state index contributed by atoms with van der Waals surface area (Å²) in [5, 5.41) is 6.36. The van der Waals surface area contributed by atoms with Crippen molar-refractivity contribution in [1.29, 1.82) is 0 Å². The molecule has 3 aromatic rings. The number of nitrogens with zero attached hydrogens (tertiary/aromatic N) is 3. The third-order valence-corrected chi connectivity index (χ3v) is 6.33. The first-order valence-corrected chi connectivity index (χ1v) is 11.6. The maximum absolute atomic E-state index is 13.1. The number of methoxy groups -OCH3 is 1. The van der Waals surface area contributed by atoms with Crippen LogP contribution in [0.1, 0.15) is 53.6 Å². The van der Waals surface area contributed by atoms with E-state index in [1.165, 1.54) is 7.11 Å². The van der Waals surface area contributed by atoms with Gasteiger partial charge in [-0.2, -0.15) is 4.98 Å². The number of carbonyl (C=O) groups is 3. The Balaban J connectivity index is 1.39. The number of fused-ring (bicyclic) bond motifs is 1. The lowest BCUT2D eigenvalue weighted by Gasteiger charge is -2.25. The van der Waals surface area contributed by atoms with E-state index in [0.29, 0.717) is 35.1 Å². The van der Waals surface area contributed by atoms with Crippen molar-refractivity contribution in [3.8, 4) is 29.0 Å². The minimum absolute atomic E-state index is 0.00627. The molecule has 5 rings (SSSR count). The Kier molecular flexibility index (Phi) is 5.80. The van der Waals surface area contributed by atoms with Crippen molar-refractivity contribution in [2.75, 3.05) is 13.7 Å². The summed E-state index contributed by atoms with van der Waals surface area (Å²) in [6, 6.07) is 12.5. The second-order valence-corrected chi connectivity index (χ2v) is 9.26. The summed E-state index contributed by atoms with van der Waals surface area (Å²) < 4.78 is 10.5. The summed E-state index contributed by atoms with van der Waals surface area (Å²) in [4.78, 5) is 44.0. The highest BCUT2D eigenvalue weighted by Crippen LogP contribution is 2.33. The van der Waals surface area contributed by atoms with Gasteiger partial charge < -0.3 is 14.2 Å². The van der Waals surface area contributed by atoms with Crippen LogP contribution in [-0.2, 0) is 16.1 Å². The Morgan fingerprint density at radius 3 is 2.58 bits per heavy atom. The minimum atomic E-state index is -1.34. The zero-order valence-corrected chi connectivity index (χ0v) is 20.1. The van der Waals surface area contributed by atoms with Gasteiger partial charge >= 0.3 is 0 Å². The van der Waals surface area contributed by atoms with Gasteiger partial charge in [0, 0.05) is 35.7 Å². The van der Waals surface area contributed by atoms with Crippen LogP contribution in [0.25, 0.3) is 11.4 Å². The molecule has 36 heavy (non-hydrogen) atoms. The zero-order valence-electron chi connectivity index (χ0n) is 20.1. The van der Waals surface area contributed by atoms with Crippen LogP contribution >= 0.6 is 0 Å². The molecule has 0 aliphatic carbocycles. The molecule has 0 bridgehead atoms. The summed E-state index contributed by atoms with van der Waals surface area (Å²) in [6.07, 6.45) is -0.110. The van der Waals surface area contributed by atoms with E-state index in [1.54, 1.807) is 29.2 Å². The topological polar surface area (TPSA) is 115 Å². The van der Waals surface area contributed by atoms with Crippen molar-refractivity contribution in [2.45, 2.75) is 32.7 Å². The van der Waals surface area contributed by atoms with E-state index in [1.807, 2.05) is 32.0 Å². The maximum Gasteiger partial charge on any atom is 0.254 e. The highest BCUT2D eigenvalue weighted by atomic mass is 16.5. The Labute approximate surface area is 207 Å². The van der Waals surface area contributed by atoms with Gasteiger partial charge in [0.2, 0.25) is 23.5 Å². The molecule has 0 saturated carbocycles. The van der Waals surface area contributed by atoms with E-state index in [0.717, 1.165) is 11.1 Å². The van der Waals surface area contributed by atoms with Crippen LogP contribution in [0.15, 0.2) is 47.0 Å². The van der Waals surface area contributed by atoms with Gasteiger partial charge in [-0.15, -0.1) is 0 Å². The molecule has 1 N–H and O–H groups in total. The van der Waals surface area contributed by atoms with E-state index in [-0.39, 0.29) is 24.8 Å². The Morgan fingerprint density at radius 1 is 1.17 bits per heavy atom. The van der Waals surface area contributed by atoms with Gasteiger partial charge in [-0.25, -0.2) is 0 Å². The second kappa shape index (κ2) is 8.96. The first-order valence-electron chi connectivity index (χ1n) is 11.6. The summed E-state index contributed by atoms with van der Waals surface area (Å²) in [7, 11) is 1.54. The molecule has 1 aromatic heterocycles. The van der Waals surface area contributed by atoms with Crippen LogP contribution in [0.2, 0.25) is 0 Å². The fourth-order valence-electron chi connectivity index (χ4n) is 4.32. The monoisotopic (exact) mass is 484 g/mol. The molecule has 3 heterocycles. The molecular weight excluding hydrogens is 460 g/mol. The molecular formula is C27H24N4O5. The standard InChI is InChI=1S/C27H24N4O5/c1-16(2)24-29-23(30-36-24)18-6-4-17(5-7-18)10-11-27(13-22(32)28-26(27)34)15-31-14-19-8-9-20(35-3)12-21(19)25(31)33/h4-9,12,16H,13-15H2,1-3H3,(H,28,32,34)/t27-/m1/s1. The molecule has 9 nitrogen and oxygen atoms in total. The lowest BCUT2D eigenvalue weighted by Crippen LogP contribution is -2.42. The first-order chi connectivity index (χ1) is 17.3. The number of imide groups is 1. The van der Waals surface area contributed by atoms with Crippen LogP contribution in [0.5, 0.6) is 5.75 Å². The molecule has 1 atom stereocenters. The van der Waals surface area contributed by atoms with Gasteiger partial charge in [0.15, 0.2) is 0 Å². The van der Waals surface area contributed by atoms with Crippen molar-refractivity contribution < 1.29 is 23.6 Å². The maximum atomic E-state index is 13.1. The largest absolute Gasteiger partial charge is 0.497 e. The van der Waals surface area contributed by atoms with E-state index >= 15 is 0 Å². The predicted molar refractivity (Wildman–Crippen MR) is 129 cm³/mol. The van der Waals surface area contributed by atoms with Crippen LogP contribution in [-0.4, -0.2) is 46.4 Å². The summed E-state index contributed by atoms with van der Waals surface area (Å²) in [5.41, 5.74) is 1.46. The minimum Gasteiger partial charge on any atom is -0.497 e. The van der Waals surface area contributed by atoms with Crippen molar-refractivity contribution >= 4 is 17.7 Å². The highest BCUT2D eigenvalue weighted by molar-refractivity contribution is 6.08. The molecule has 0 unspecified atom stereocenters. The van der Waals surface area contributed by atoms with Gasteiger partial charge in [0.25, 0.3) is 5.91 Å². The lowest BCUT2D eigenvalue weighted by atomic mass is 9.85. The third-order valence-electron chi connectivity index (χ3n) is 6.33. The number of amides is 3. The molecule has 2 aliphatic heterocycles.